The van der Waals surface area contributed by atoms with Crippen molar-refractivity contribution in [1.82, 2.24) is 4.98 Å². The van der Waals surface area contributed by atoms with Crippen molar-refractivity contribution in [2.75, 3.05) is 6.61 Å². The highest BCUT2D eigenvalue weighted by molar-refractivity contribution is 7.18. The number of hydrogen-bond donors (Lipinski definition) is 0. The second-order valence-corrected chi connectivity index (χ2v) is 8.39. The predicted octanol–water partition coefficient (Wildman–Crippen LogP) is 6.38. The monoisotopic (exact) mass is 445 g/mol. The Hall–Kier alpha value is -3.36. The van der Waals surface area contributed by atoms with Crippen LogP contribution in [-0.2, 0) is 16.0 Å². The van der Waals surface area contributed by atoms with Gasteiger partial charge in [-0.1, -0.05) is 31.0 Å². The third-order valence-electron chi connectivity index (χ3n) is 4.77. The molecular formula is C27H27NO3S. The Kier molecular flexibility index (Phi) is 7.86. The van der Waals surface area contributed by atoms with Crippen molar-refractivity contribution >= 4 is 23.4 Å². The van der Waals surface area contributed by atoms with Crippen molar-refractivity contribution in [1.29, 1.82) is 0 Å². The largest absolute Gasteiger partial charge is 0.490 e. The molecule has 0 saturated carbocycles. The summed E-state index contributed by atoms with van der Waals surface area (Å²) in [4.78, 5) is 17.4. The van der Waals surface area contributed by atoms with Gasteiger partial charge < -0.3 is 9.47 Å². The second kappa shape index (κ2) is 10.8. The second-order valence-electron chi connectivity index (χ2n) is 7.36. The first-order valence-electron chi connectivity index (χ1n) is 10.7. The zero-order valence-corrected chi connectivity index (χ0v) is 19.7. The first kappa shape index (κ1) is 23.3. The molecule has 2 aromatic carbocycles. The number of thiazole rings is 1. The van der Waals surface area contributed by atoms with E-state index in [1.807, 2.05) is 56.5 Å². The summed E-state index contributed by atoms with van der Waals surface area (Å²) in [5, 5.41) is 0.891. The van der Waals surface area contributed by atoms with Crippen LogP contribution in [0.15, 0.2) is 48.7 Å². The normalized spacial score (nSPS) is 11.0. The van der Waals surface area contributed by atoms with E-state index in [0.29, 0.717) is 17.9 Å². The minimum Gasteiger partial charge on any atom is -0.490 e. The summed E-state index contributed by atoms with van der Waals surface area (Å²) in [7, 11) is 0. The van der Waals surface area contributed by atoms with Crippen LogP contribution >= 0.6 is 11.3 Å². The Balaban J connectivity index is 1.94. The van der Waals surface area contributed by atoms with E-state index in [1.165, 1.54) is 6.08 Å². The molecule has 0 aliphatic rings. The molecule has 5 heteroatoms. The maximum Gasteiger partial charge on any atom is 0.330 e. The number of rotatable bonds is 8. The van der Waals surface area contributed by atoms with Crippen LogP contribution in [0.4, 0.5) is 0 Å². The number of ether oxygens (including phenoxy) is 2. The van der Waals surface area contributed by atoms with Crippen LogP contribution in [0.5, 0.6) is 5.75 Å². The minimum atomic E-state index is -0.339. The minimum absolute atomic E-state index is 0.0528. The van der Waals surface area contributed by atoms with Gasteiger partial charge in [0.2, 0.25) is 0 Å². The van der Waals surface area contributed by atoms with Gasteiger partial charge in [-0.05, 0) is 68.2 Å². The molecule has 0 bridgehead atoms. The van der Waals surface area contributed by atoms with Crippen molar-refractivity contribution in [2.45, 2.75) is 40.2 Å². The van der Waals surface area contributed by atoms with Crippen LogP contribution in [0.3, 0.4) is 0 Å². The van der Waals surface area contributed by atoms with Gasteiger partial charge in [0.15, 0.2) is 0 Å². The number of aromatic nitrogens is 1. The summed E-state index contributed by atoms with van der Waals surface area (Å²) < 4.78 is 10.8. The molecule has 0 fully saturated rings. The molecule has 0 radical (unpaired) electrons. The van der Waals surface area contributed by atoms with Gasteiger partial charge in [0.05, 0.1) is 23.2 Å². The average molecular weight is 446 g/mol. The number of benzene rings is 2. The Morgan fingerprint density at radius 3 is 2.75 bits per heavy atom. The summed E-state index contributed by atoms with van der Waals surface area (Å²) in [5.74, 6) is 3.08. The van der Waals surface area contributed by atoms with E-state index >= 15 is 0 Å². The molecule has 0 spiro atoms. The topological polar surface area (TPSA) is 48.4 Å². The molecule has 164 valence electrons. The van der Waals surface area contributed by atoms with Gasteiger partial charge >= 0.3 is 5.97 Å². The molecular weight excluding hydrogens is 418 g/mol. The summed E-state index contributed by atoms with van der Waals surface area (Å²) >= 11 is 1.61. The van der Waals surface area contributed by atoms with E-state index in [9.17, 15) is 4.79 Å². The third-order valence-corrected chi connectivity index (χ3v) is 5.85. The molecule has 32 heavy (non-hydrogen) atoms. The molecule has 0 unspecified atom stereocenters. The maximum atomic E-state index is 11.7. The average Bonchev–Trinajstić information content (AvgIpc) is 3.27. The standard InChI is InChI=1S/C27H27NO3S/c1-6-19-16-21(12-14-24(19)31-18(4)5)27-28-17-25(32-27)23-11-9-10-20(22(23)7-2)13-15-26(29)30-8-3/h1,9-18H,7-8H2,2-5H3. The number of nitrogens with zero attached hydrogens (tertiary/aromatic N) is 1. The molecule has 0 aliphatic heterocycles. The smallest absolute Gasteiger partial charge is 0.330 e. The van der Waals surface area contributed by atoms with E-state index < -0.39 is 0 Å². The molecule has 3 aromatic rings. The molecule has 0 atom stereocenters. The number of terminal acetylenes is 1. The SMILES string of the molecule is C#Cc1cc(-c2ncc(-c3cccc(C=CC(=O)OCC)c3CC)s2)ccc1OC(C)C. The van der Waals surface area contributed by atoms with Gasteiger partial charge in [0.25, 0.3) is 0 Å². The first-order valence-corrected chi connectivity index (χ1v) is 11.5. The van der Waals surface area contributed by atoms with Crippen molar-refractivity contribution in [3.8, 4) is 39.1 Å². The highest BCUT2D eigenvalue weighted by Crippen LogP contribution is 2.36. The summed E-state index contributed by atoms with van der Waals surface area (Å²) in [6, 6.07) is 11.9. The quantitative estimate of drug-likeness (QED) is 0.229. The molecule has 0 aliphatic carbocycles. The van der Waals surface area contributed by atoms with Crippen LogP contribution in [0.25, 0.3) is 27.1 Å². The number of esters is 1. The van der Waals surface area contributed by atoms with Gasteiger partial charge in [-0.25, -0.2) is 9.78 Å². The number of carbonyl (C=O) groups is 1. The van der Waals surface area contributed by atoms with Crippen LogP contribution in [0.1, 0.15) is 44.4 Å². The predicted molar refractivity (Wildman–Crippen MR) is 132 cm³/mol. The molecule has 1 heterocycles. The van der Waals surface area contributed by atoms with Gasteiger partial charge in [-0.3, -0.25) is 0 Å². The number of carbonyl (C=O) groups excluding carboxylic acids is 1. The van der Waals surface area contributed by atoms with Gasteiger partial charge in [0, 0.05) is 17.8 Å². The van der Waals surface area contributed by atoms with E-state index in [1.54, 1.807) is 18.3 Å². The summed E-state index contributed by atoms with van der Waals surface area (Å²) in [6.45, 7) is 8.21. The lowest BCUT2D eigenvalue weighted by Crippen LogP contribution is -2.06. The molecule has 0 N–H and O–H groups in total. The molecule has 3 rings (SSSR count). The number of hydrogen-bond acceptors (Lipinski definition) is 5. The lowest BCUT2D eigenvalue weighted by Gasteiger charge is -2.12. The van der Waals surface area contributed by atoms with E-state index in [4.69, 9.17) is 15.9 Å². The van der Waals surface area contributed by atoms with Gasteiger partial charge in [0.1, 0.15) is 10.8 Å². The van der Waals surface area contributed by atoms with Crippen LogP contribution < -0.4 is 4.74 Å². The molecule has 1 aromatic heterocycles. The highest BCUT2D eigenvalue weighted by atomic mass is 32.1. The Morgan fingerprint density at radius 2 is 2.06 bits per heavy atom. The van der Waals surface area contributed by atoms with Gasteiger partial charge in [-0.15, -0.1) is 17.8 Å². The first-order chi connectivity index (χ1) is 15.5. The van der Waals surface area contributed by atoms with Crippen molar-refractivity contribution in [3.63, 3.8) is 0 Å². The summed E-state index contributed by atoms with van der Waals surface area (Å²) in [6.07, 6.45) is 11.8. The van der Waals surface area contributed by atoms with Crippen LogP contribution in [0, 0.1) is 12.3 Å². The molecule has 0 saturated heterocycles. The van der Waals surface area contributed by atoms with Crippen molar-refractivity contribution in [2.24, 2.45) is 0 Å². The molecule has 0 amide bonds. The van der Waals surface area contributed by atoms with E-state index in [0.717, 1.165) is 38.6 Å². The Morgan fingerprint density at radius 1 is 1.25 bits per heavy atom. The fourth-order valence-corrected chi connectivity index (χ4v) is 4.36. The van der Waals surface area contributed by atoms with E-state index in [-0.39, 0.29) is 12.1 Å². The zero-order chi connectivity index (χ0) is 23.1. The molecule has 4 nitrogen and oxygen atoms in total. The van der Waals surface area contributed by atoms with Crippen molar-refractivity contribution in [3.05, 3.63) is 65.4 Å². The fraction of sp³-hybridized carbons (Fsp3) is 0.259. The lowest BCUT2D eigenvalue weighted by molar-refractivity contribution is -0.137. The Labute approximate surface area is 193 Å². The van der Waals surface area contributed by atoms with Crippen molar-refractivity contribution < 1.29 is 14.3 Å². The van der Waals surface area contributed by atoms with Crippen LogP contribution in [-0.4, -0.2) is 23.7 Å². The van der Waals surface area contributed by atoms with Gasteiger partial charge in [-0.2, -0.15) is 0 Å². The van der Waals surface area contributed by atoms with Crippen LogP contribution in [0.2, 0.25) is 0 Å². The zero-order valence-electron chi connectivity index (χ0n) is 18.8. The van der Waals surface area contributed by atoms with E-state index in [2.05, 4.69) is 23.9 Å². The Bertz CT molecular complexity index is 1170. The third kappa shape index (κ3) is 5.46. The maximum absolute atomic E-state index is 11.7. The lowest BCUT2D eigenvalue weighted by atomic mass is 9.97. The fourth-order valence-electron chi connectivity index (χ4n) is 3.40. The highest BCUT2D eigenvalue weighted by Gasteiger charge is 2.13. The summed E-state index contributed by atoms with van der Waals surface area (Å²) in [5.41, 5.74) is 4.94.